The van der Waals surface area contributed by atoms with Gasteiger partial charge in [0.05, 0.1) is 12.7 Å². The molecule has 0 aromatic heterocycles. The Morgan fingerprint density at radius 1 is 1.27 bits per heavy atom. The number of ether oxygens (including phenoxy) is 1. The van der Waals surface area contributed by atoms with Crippen LogP contribution in [-0.2, 0) is 4.74 Å². The maximum absolute atomic E-state index is 9.11. The third kappa shape index (κ3) is 1.88. The zero-order valence-electron chi connectivity index (χ0n) is 5.92. The maximum Gasteiger partial charge on any atom is 0.157 e. The van der Waals surface area contributed by atoms with Crippen LogP contribution >= 0.6 is 0 Å². The van der Waals surface area contributed by atoms with Crippen LogP contribution < -0.4 is 0 Å². The Hall–Kier alpha value is -0.200. The molecule has 0 amide bonds. The molecule has 5 nitrogen and oxygen atoms in total. The van der Waals surface area contributed by atoms with Gasteiger partial charge in [-0.25, -0.2) is 0 Å². The number of aliphatic hydroxyl groups excluding tert-OH is 4. The Bertz CT molecular complexity index is 128. The minimum Gasteiger partial charge on any atom is -0.394 e. The highest BCUT2D eigenvalue weighted by Crippen LogP contribution is 2.18. The van der Waals surface area contributed by atoms with Gasteiger partial charge in [0.15, 0.2) is 6.29 Å². The monoisotopic (exact) mass is 165 g/mol. The molecule has 0 aromatic carbocycles. The fraction of sp³-hybridized carbons (Fsp3) is 1.00. The van der Waals surface area contributed by atoms with Crippen molar-refractivity contribution in [1.29, 1.82) is 0 Å². The van der Waals surface area contributed by atoms with E-state index in [4.69, 9.17) is 25.2 Å². The molecule has 0 bridgehead atoms. The molecule has 0 aromatic rings. The Morgan fingerprint density at radius 3 is 2.45 bits per heavy atom. The van der Waals surface area contributed by atoms with Crippen molar-refractivity contribution in [3.05, 3.63) is 0 Å². The number of hydrogen-bond donors (Lipinski definition) is 4. The van der Waals surface area contributed by atoms with Crippen LogP contribution in [-0.4, -0.2) is 51.6 Å². The summed E-state index contributed by atoms with van der Waals surface area (Å²) in [5.74, 6) is 0. The zero-order valence-corrected chi connectivity index (χ0v) is 5.92. The standard InChI is InChI=1S/C6H12O5/c7-2-4-6(10)3(8)1-5(9)11-4/h3-10H,1-2H2/t3-,4-,5?,6+/m1/s1/i2+1. The molecule has 11 heavy (non-hydrogen) atoms. The largest absolute Gasteiger partial charge is 0.394 e. The molecule has 1 aliphatic heterocycles. The minimum atomic E-state index is -1.11. The average molecular weight is 165 g/mol. The van der Waals surface area contributed by atoms with Gasteiger partial charge in [-0.15, -0.1) is 0 Å². The summed E-state index contributed by atoms with van der Waals surface area (Å²) in [7, 11) is 0. The van der Waals surface area contributed by atoms with E-state index < -0.39 is 31.2 Å². The zero-order chi connectivity index (χ0) is 8.43. The van der Waals surface area contributed by atoms with Crippen LogP contribution in [0.25, 0.3) is 0 Å². The van der Waals surface area contributed by atoms with E-state index in [1.54, 1.807) is 0 Å². The molecule has 1 heterocycles. The second-order valence-corrected chi connectivity index (χ2v) is 2.61. The molecule has 4 N–H and O–H groups in total. The third-order valence-corrected chi connectivity index (χ3v) is 1.73. The summed E-state index contributed by atoms with van der Waals surface area (Å²) in [5, 5.41) is 35.6. The number of hydrogen-bond acceptors (Lipinski definition) is 5. The van der Waals surface area contributed by atoms with Gasteiger partial charge in [0, 0.05) is 6.42 Å². The number of rotatable bonds is 1. The molecule has 66 valence electrons. The van der Waals surface area contributed by atoms with Crippen molar-refractivity contribution < 1.29 is 25.2 Å². The predicted molar refractivity (Wildman–Crippen MR) is 34.6 cm³/mol. The fourth-order valence-electron chi connectivity index (χ4n) is 1.08. The van der Waals surface area contributed by atoms with Gasteiger partial charge in [-0.3, -0.25) is 0 Å². The molecule has 4 atom stereocenters. The van der Waals surface area contributed by atoms with Crippen LogP contribution in [0.3, 0.4) is 0 Å². The van der Waals surface area contributed by atoms with Crippen molar-refractivity contribution >= 4 is 0 Å². The second kappa shape index (κ2) is 3.46. The highest BCUT2D eigenvalue weighted by atomic mass is 16.6. The molecular formula is C6H12O5. The summed E-state index contributed by atoms with van der Waals surface area (Å²) in [6.45, 7) is -0.407. The van der Waals surface area contributed by atoms with E-state index >= 15 is 0 Å². The third-order valence-electron chi connectivity index (χ3n) is 1.73. The molecular weight excluding hydrogens is 153 g/mol. The smallest absolute Gasteiger partial charge is 0.157 e. The summed E-state index contributed by atoms with van der Waals surface area (Å²) in [4.78, 5) is 0. The van der Waals surface area contributed by atoms with Crippen LogP contribution in [0.5, 0.6) is 0 Å². The molecule has 1 aliphatic rings. The highest BCUT2D eigenvalue weighted by Gasteiger charge is 2.35. The molecule has 0 aliphatic carbocycles. The first kappa shape index (κ1) is 8.89. The van der Waals surface area contributed by atoms with Crippen LogP contribution in [0, 0.1) is 0 Å². The normalized spacial score (nSPS) is 45.8. The lowest BCUT2D eigenvalue weighted by Crippen LogP contribution is -2.49. The highest BCUT2D eigenvalue weighted by molar-refractivity contribution is 4.81. The molecule has 1 saturated heterocycles. The van der Waals surface area contributed by atoms with Crippen LogP contribution in [0.4, 0.5) is 0 Å². The summed E-state index contributed by atoms with van der Waals surface area (Å²) < 4.78 is 4.71. The Kier molecular flexibility index (Phi) is 2.80. The first-order valence-electron chi connectivity index (χ1n) is 3.45. The maximum atomic E-state index is 9.11. The lowest BCUT2D eigenvalue weighted by atomic mass is 10.1. The Labute approximate surface area is 63.8 Å². The molecule has 0 radical (unpaired) electrons. The topological polar surface area (TPSA) is 90.2 Å². The Balaban J connectivity index is 2.51. The van der Waals surface area contributed by atoms with Crippen molar-refractivity contribution in [2.45, 2.75) is 31.0 Å². The lowest BCUT2D eigenvalue weighted by molar-refractivity contribution is -0.239. The summed E-state index contributed by atoms with van der Waals surface area (Å²) in [5.41, 5.74) is 0. The van der Waals surface area contributed by atoms with E-state index in [0.717, 1.165) is 0 Å². The average Bonchev–Trinajstić information content (AvgIpc) is 1.96. The summed E-state index contributed by atoms with van der Waals surface area (Å²) in [6, 6.07) is 0. The molecule has 1 fully saturated rings. The predicted octanol–water partition coefficient (Wildman–Crippen LogP) is -2.19. The van der Waals surface area contributed by atoms with Gasteiger partial charge < -0.3 is 25.2 Å². The first-order valence-corrected chi connectivity index (χ1v) is 3.45. The van der Waals surface area contributed by atoms with E-state index in [9.17, 15) is 0 Å². The van der Waals surface area contributed by atoms with Crippen LogP contribution in [0.15, 0.2) is 0 Å². The SMILES string of the molecule is O[13CH2][C@H]1OC(O)C[C@@H](O)[C@@H]1O. The van der Waals surface area contributed by atoms with Crippen molar-refractivity contribution in [2.75, 3.05) is 6.61 Å². The van der Waals surface area contributed by atoms with E-state index in [2.05, 4.69) is 0 Å². The molecule has 1 rings (SSSR count). The first-order chi connectivity index (χ1) is 5.15. The Morgan fingerprint density at radius 2 is 1.91 bits per heavy atom. The van der Waals surface area contributed by atoms with Crippen molar-refractivity contribution in [3.8, 4) is 0 Å². The van der Waals surface area contributed by atoms with Gasteiger partial charge in [-0.1, -0.05) is 0 Å². The van der Waals surface area contributed by atoms with E-state index in [0.29, 0.717) is 0 Å². The summed E-state index contributed by atoms with van der Waals surface area (Å²) in [6.07, 6.45) is -4.11. The van der Waals surface area contributed by atoms with Crippen molar-refractivity contribution in [3.63, 3.8) is 0 Å². The number of aliphatic hydroxyl groups is 4. The molecule has 1 unspecified atom stereocenters. The van der Waals surface area contributed by atoms with E-state index in [-0.39, 0.29) is 6.42 Å². The van der Waals surface area contributed by atoms with Gasteiger partial charge >= 0.3 is 0 Å². The fourth-order valence-corrected chi connectivity index (χ4v) is 1.08. The second-order valence-electron chi connectivity index (χ2n) is 2.61. The van der Waals surface area contributed by atoms with Crippen molar-refractivity contribution in [2.24, 2.45) is 0 Å². The van der Waals surface area contributed by atoms with Crippen molar-refractivity contribution in [1.82, 2.24) is 0 Å². The minimum absolute atomic E-state index is 0.0162. The van der Waals surface area contributed by atoms with Gasteiger partial charge in [-0.05, 0) is 0 Å². The molecule has 0 spiro atoms. The van der Waals surface area contributed by atoms with Gasteiger partial charge in [0.25, 0.3) is 0 Å². The van der Waals surface area contributed by atoms with Gasteiger partial charge in [0.2, 0.25) is 0 Å². The van der Waals surface area contributed by atoms with Gasteiger partial charge in [-0.2, -0.15) is 0 Å². The van der Waals surface area contributed by atoms with E-state index in [1.807, 2.05) is 0 Å². The van der Waals surface area contributed by atoms with Crippen LogP contribution in [0.2, 0.25) is 0 Å². The quantitative estimate of drug-likeness (QED) is 0.331. The van der Waals surface area contributed by atoms with E-state index in [1.165, 1.54) is 0 Å². The van der Waals surface area contributed by atoms with Gasteiger partial charge in [0.1, 0.15) is 12.2 Å². The molecule has 5 heteroatoms. The van der Waals surface area contributed by atoms with Crippen LogP contribution in [0.1, 0.15) is 6.42 Å². The summed E-state index contributed by atoms with van der Waals surface area (Å²) >= 11 is 0. The lowest BCUT2D eigenvalue weighted by Gasteiger charge is -2.33. The molecule has 0 saturated carbocycles.